The van der Waals surface area contributed by atoms with Crippen molar-refractivity contribution in [3.63, 3.8) is 0 Å². The highest BCUT2D eigenvalue weighted by atomic mass is 16.6. The maximum absolute atomic E-state index is 9.48. The minimum atomic E-state index is -0.567. The van der Waals surface area contributed by atoms with Crippen molar-refractivity contribution in [3.8, 4) is 0 Å². The molecule has 1 aromatic heterocycles. The van der Waals surface area contributed by atoms with Gasteiger partial charge in [0.2, 0.25) is 0 Å². The highest BCUT2D eigenvalue weighted by Gasteiger charge is 2.41. The molecule has 0 aromatic carbocycles. The van der Waals surface area contributed by atoms with E-state index in [9.17, 15) is 5.11 Å². The van der Waals surface area contributed by atoms with Gasteiger partial charge in [0.05, 0.1) is 30.6 Å². The Kier molecular flexibility index (Phi) is 3.09. The van der Waals surface area contributed by atoms with Gasteiger partial charge in [-0.1, -0.05) is 5.21 Å². The van der Waals surface area contributed by atoms with Crippen LogP contribution in [0.1, 0.15) is 44.0 Å². The average Bonchev–Trinajstić information content (AvgIpc) is 2.98. The number of hydrogen-bond acceptors (Lipinski definition) is 5. The second-order valence-corrected chi connectivity index (χ2v) is 5.28. The molecule has 0 radical (unpaired) electrons. The van der Waals surface area contributed by atoms with Crippen LogP contribution >= 0.6 is 0 Å². The number of hydrogen-bond donors (Lipinski definition) is 1. The third-order valence-corrected chi connectivity index (χ3v) is 3.86. The molecule has 2 aliphatic heterocycles. The highest BCUT2D eigenvalue weighted by Crippen LogP contribution is 2.37. The molecule has 18 heavy (non-hydrogen) atoms. The molecule has 100 valence electrons. The highest BCUT2D eigenvalue weighted by molar-refractivity contribution is 4.99. The number of nitrogens with zero attached hydrogens (tertiary/aromatic N) is 3. The van der Waals surface area contributed by atoms with Gasteiger partial charge in [-0.3, -0.25) is 0 Å². The molecule has 3 atom stereocenters. The van der Waals surface area contributed by atoms with Crippen LogP contribution in [0.25, 0.3) is 0 Å². The molecule has 6 heteroatoms. The minimum absolute atomic E-state index is 0.125. The topological polar surface area (TPSA) is 69.4 Å². The maximum atomic E-state index is 9.48. The second-order valence-electron chi connectivity index (χ2n) is 5.28. The van der Waals surface area contributed by atoms with Gasteiger partial charge in [0.1, 0.15) is 5.69 Å². The van der Waals surface area contributed by atoms with E-state index in [4.69, 9.17) is 9.47 Å². The van der Waals surface area contributed by atoms with Crippen LogP contribution in [0.3, 0.4) is 0 Å². The zero-order chi connectivity index (χ0) is 12.6. The molecule has 0 amide bonds. The third-order valence-electron chi connectivity index (χ3n) is 3.86. The molecule has 1 spiro atoms. The molecule has 3 heterocycles. The average molecular weight is 253 g/mol. The van der Waals surface area contributed by atoms with Gasteiger partial charge in [-0.15, -0.1) is 5.10 Å². The standard InChI is InChI=1S/C12H19N3O3/c1-9(16)11-7-15(14-13-11)10-2-4-18-12(6-10)3-5-17-8-12/h7,9-10,16H,2-6,8H2,1H3. The first kappa shape index (κ1) is 12.1. The van der Waals surface area contributed by atoms with E-state index < -0.39 is 6.10 Å². The van der Waals surface area contributed by atoms with Gasteiger partial charge >= 0.3 is 0 Å². The van der Waals surface area contributed by atoms with Gasteiger partial charge in [-0.05, 0) is 13.3 Å². The summed E-state index contributed by atoms with van der Waals surface area (Å²) >= 11 is 0. The van der Waals surface area contributed by atoms with Crippen LogP contribution in [0, 0.1) is 0 Å². The first-order valence-corrected chi connectivity index (χ1v) is 6.50. The van der Waals surface area contributed by atoms with Gasteiger partial charge in [0.15, 0.2) is 0 Å². The Morgan fingerprint density at radius 3 is 3.11 bits per heavy atom. The number of ether oxygens (including phenoxy) is 2. The first-order chi connectivity index (χ1) is 8.69. The van der Waals surface area contributed by atoms with Gasteiger partial charge < -0.3 is 14.6 Å². The van der Waals surface area contributed by atoms with Crippen LogP contribution in [0.5, 0.6) is 0 Å². The van der Waals surface area contributed by atoms with Crippen LogP contribution < -0.4 is 0 Å². The van der Waals surface area contributed by atoms with Crippen LogP contribution in [0.4, 0.5) is 0 Å². The Labute approximate surface area is 106 Å². The van der Waals surface area contributed by atoms with E-state index in [-0.39, 0.29) is 5.60 Å². The fourth-order valence-corrected chi connectivity index (χ4v) is 2.75. The normalized spacial score (nSPS) is 34.0. The van der Waals surface area contributed by atoms with E-state index in [1.165, 1.54) is 0 Å². The van der Waals surface area contributed by atoms with Gasteiger partial charge in [-0.2, -0.15) is 0 Å². The monoisotopic (exact) mass is 253 g/mol. The molecule has 3 rings (SSSR count). The van der Waals surface area contributed by atoms with Crippen molar-refractivity contribution in [3.05, 3.63) is 11.9 Å². The Morgan fingerprint density at radius 1 is 1.56 bits per heavy atom. The predicted molar refractivity (Wildman–Crippen MR) is 63.0 cm³/mol. The van der Waals surface area contributed by atoms with E-state index in [1.54, 1.807) is 6.92 Å². The molecular formula is C12H19N3O3. The molecule has 0 saturated carbocycles. The molecule has 1 aromatic rings. The largest absolute Gasteiger partial charge is 0.387 e. The molecule has 2 aliphatic rings. The van der Waals surface area contributed by atoms with E-state index >= 15 is 0 Å². The van der Waals surface area contributed by atoms with Crippen molar-refractivity contribution < 1.29 is 14.6 Å². The third kappa shape index (κ3) is 2.15. The smallest absolute Gasteiger partial charge is 0.111 e. The first-order valence-electron chi connectivity index (χ1n) is 6.50. The van der Waals surface area contributed by atoms with Crippen LogP contribution in [-0.4, -0.2) is 45.5 Å². The van der Waals surface area contributed by atoms with E-state index in [0.717, 1.165) is 32.5 Å². The Morgan fingerprint density at radius 2 is 2.44 bits per heavy atom. The molecule has 0 aliphatic carbocycles. The van der Waals surface area contributed by atoms with Crippen molar-refractivity contribution in [2.75, 3.05) is 19.8 Å². The van der Waals surface area contributed by atoms with Crippen LogP contribution in [0.2, 0.25) is 0 Å². The van der Waals surface area contributed by atoms with Gasteiger partial charge in [-0.25, -0.2) is 4.68 Å². The maximum Gasteiger partial charge on any atom is 0.111 e. The van der Waals surface area contributed by atoms with Crippen molar-refractivity contribution >= 4 is 0 Å². The minimum Gasteiger partial charge on any atom is -0.387 e. The molecule has 1 N–H and O–H groups in total. The number of aromatic nitrogens is 3. The zero-order valence-corrected chi connectivity index (χ0v) is 10.6. The molecule has 3 unspecified atom stereocenters. The molecule has 2 saturated heterocycles. The zero-order valence-electron chi connectivity index (χ0n) is 10.6. The lowest BCUT2D eigenvalue weighted by Gasteiger charge is -2.36. The number of aliphatic hydroxyl groups excluding tert-OH is 1. The summed E-state index contributed by atoms with van der Waals surface area (Å²) in [5, 5.41) is 17.6. The lowest BCUT2D eigenvalue weighted by Crippen LogP contribution is -2.41. The summed E-state index contributed by atoms with van der Waals surface area (Å²) in [4.78, 5) is 0. The van der Waals surface area contributed by atoms with Crippen LogP contribution in [0.15, 0.2) is 6.20 Å². The number of rotatable bonds is 2. The lowest BCUT2D eigenvalue weighted by atomic mass is 9.90. The SMILES string of the molecule is CC(O)c1cn(C2CCOC3(CCOC3)C2)nn1. The predicted octanol–water partition coefficient (Wildman–Crippen LogP) is 0.842. The molecule has 6 nitrogen and oxygen atoms in total. The summed E-state index contributed by atoms with van der Waals surface area (Å²) < 4.78 is 13.2. The summed E-state index contributed by atoms with van der Waals surface area (Å²) in [6.07, 6.45) is 4.08. The van der Waals surface area contributed by atoms with Gasteiger partial charge in [0.25, 0.3) is 0 Å². The second kappa shape index (κ2) is 4.60. The Balaban J connectivity index is 1.75. The van der Waals surface area contributed by atoms with Crippen molar-refractivity contribution in [2.24, 2.45) is 0 Å². The van der Waals surface area contributed by atoms with Crippen molar-refractivity contribution in [1.82, 2.24) is 15.0 Å². The Hall–Kier alpha value is -0.980. The lowest BCUT2D eigenvalue weighted by molar-refractivity contribution is -0.0964. The fraction of sp³-hybridized carbons (Fsp3) is 0.833. The summed E-state index contributed by atoms with van der Waals surface area (Å²) in [5.41, 5.74) is 0.498. The summed E-state index contributed by atoms with van der Waals surface area (Å²) in [7, 11) is 0. The van der Waals surface area contributed by atoms with E-state index in [2.05, 4.69) is 10.3 Å². The number of aliphatic hydroxyl groups is 1. The fourth-order valence-electron chi connectivity index (χ4n) is 2.75. The van der Waals surface area contributed by atoms with Crippen LogP contribution in [-0.2, 0) is 9.47 Å². The van der Waals surface area contributed by atoms with Gasteiger partial charge in [0, 0.05) is 26.1 Å². The Bertz CT molecular complexity index is 412. The molecule has 2 fully saturated rings. The summed E-state index contributed by atoms with van der Waals surface area (Å²) in [6.45, 7) is 3.90. The van der Waals surface area contributed by atoms with E-state index in [0.29, 0.717) is 18.3 Å². The quantitative estimate of drug-likeness (QED) is 0.846. The molecular weight excluding hydrogens is 234 g/mol. The molecule has 0 bridgehead atoms. The summed E-state index contributed by atoms with van der Waals surface area (Å²) in [6, 6.07) is 0.292. The van der Waals surface area contributed by atoms with E-state index in [1.807, 2.05) is 10.9 Å². The van der Waals surface area contributed by atoms with Crippen molar-refractivity contribution in [1.29, 1.82) is 0 Å². The summed E-state index contributed by atoms with van der Waals surface area (Å²) in [5.74, 6) is 0. The van der Waals surface area contributed by atoms with Crippen molar-refractivity contribution in [2.45, 2.75) is 43.9 Å².